The normalized spacial score (nSPS) is 8.92. The van der Waals surface area contributed by atoms with Crippen molar-refractivity contribution in [3.8, 4) is 0 Å². The first-order valence-electron chi connectivity index (χ1n) is 3.72. The van der Waals surface area contributed by atoms with Crippen LogP contribution >= 0.6 is 25.4 Å². The molecule has 0 spiro atoms. The van der Waals surface area contributed by atoms with Crippen molar-refractivity contribution >= 4 is 42.1 Å². The first kappa shape index (κ1) is 13.9. The standard InChI is InChI=1S/C8H12N2.2BrH.Sn/c9-5-7-2-1-3-8(4-7)6-10;;;/h1-4H,5-6,9-10H2;2*1H;/q;;;+2/p-2. The van der Waals surface area contributed by atoms with Crippen LogP contribution < -0.4 is 11.5 Å². The molecular formula is C8H12Br2N2Sn. The number of rotatable bonds is 2. The van der Waals surface area contributed by atoms with Crippen molar-refractivity contribution in [1.29, 1.82) is 0 Å². The topological polar surface area (TPSA) is 52.0 Å². The van der Waals surface area contributed by atoms with Gasteiger partial charge in [-0.2, -0.15) is 0 Å². The fourth-order valence-corrected chi connectivity index (χ4v) is 0.884. The number of hydrogen-bond acceptors (Lipinski definition) is 2. The van der Waals surface area contributed by atoms with Crippen LogP contribution in [0, 0.1) is 0 Å². The van der Waals surface area contributed by atoms with Crippen molar-refractivity contribution in [3.05, 3.63) is 35.4 Å². The Morgan fingerprint density at radius 2 is 1.46 bits per heavy atom. The van der Waals surface area contributed by atoms with Gasteiger partial charge in [-0.25, -0.2) is 0 Å². The van der Waals surface area contributed by atoms with Crippen LogP contribution in [0.1, 0.15) is 11.1 Å². The van der Waals surface area contributed by atoms with Crippen molar-refractivity contribution in [2.45, 2.75) is 13.1 Å². The van der Waals surface area contributed by atoms with E-state index in [1.807, 2.05) is 24.3 Å². The molecule has 0 saturated heterocycles. The molecule has 2 nitrogen and oxygen atoms in total. The first-order valence-corrected chi connectivity index (χ1v) is 16.5. The molecule has 0 aliphatic carbocycles. The number of halogens is 2. The molecule has 1 aromatic rings. The quantitative estimate of drug-likeness (QED) is 0.727. The number of hydrogen-bond donors (Lipinski definition) is 2. The van der Waals surface area contributed by atoms with E-state index in [9.17, 15) is 0 Å². The second kappa shape index (κ2) is 9.45. The summed E-state index contributed by atoms with van der Waals surface area (Å²) in [5.41, 5.74) is 13.1. The van der Waals surface area contributed by atoms with Gasteiger partial charge < -0.3 is 11.5 Å². The minimum atomic E-state index is -0.145. The first-order chi connectivity index (χ1) is 6.28. The zero-order valence-electron chi connectivity index (χ0n) is 7.13. The summed E-state index contributed by atoms with van der Waals surface area (Å²) in [4.78, 5) is 0. The van der Waals surface area contributed by atoms with E-state index in [0.717, 1.165) is 11.1 Å². The second-order valence-corrected chi connectivity index (χ2v) is 15.2. The van der Waals surface area contributed by atoms with Crippen LogP contribution in [0.15, 0.2) is 24.3 Å². The van der Waals surface area contributed by atoms with Crippen LogP contribution in [0.3, 0.4) is 0 Å². The van der Waals surface area contributed by atoms with Gasteiger partial charge in [-0.1, -0.05) is 24.3 Å². The van der Waals surface area contributed by atoms with Gasteiger partial charge in [0.25, 0.3) is 0 Å². The van der Waals surface area contributed by atoms with Gasteiger partial charge in [0.05, 0.1) is 0 Å². The predicted octanol–water partition coefficient (Wildman–Crippen LogP) is 1.91. The summed E-state index contributed by atoms with van der Waals surface area (Å²) in [6, 6.07) is 8.00. The summed E-state index contributed by atoms with van der Waals surface area (Å²) < 4.78 is 0. The summed E-state index contributed by atoms with van der Waals surface area (Å²) in [5.74, 6) is 0. The van der Waals surface area contributed by atoms with Crippen molar-refractivity contribution in [2.24, 2.45) is 11.5 Å². The van der Waals surface area contributed by atoms with E-state index in [1.54, 1.807) is 0 Å². The maximum atomic E-state index is 5.43. The van der Waals surface area contributed by atoms with E-state index in [1.165, 1.54) is 0 Å². The van der Waals surface area contributed by atoms with E-state index >= 15 is 0 Å². The molecule has 1 aromatic carbocycles. The second-order valence-electron chi connectivity index (χ2n) is 2.30. The SMILES string of the molecule is NCc1cccc(CN)c1.[Br][Sn][Br]. The third-order valence-electron chi connectivity index (χ3n) is 1.46. The van der Waals surface area contributed by atoms with Gasteiger partial charge in [-0.05, 0) is 11.1 Å². The summed E-state index contributed by atoms with van der Waals surface area (Å²) in [5, 5.41) is 0. The molecule has 0 amide bonds. The molecule has 4 N–H and O–H groups in total. The van der Waals surface area contributed by atoms with Crippen LogP contribution in [0.4, 0.5) is 0 Å². The molecule has 13 heavy (non-hydrogen) atoms. The van der Waals surface area contributed by atoms with Crippen LogP contribution in [-0.2, 0) is 13.1 Å². The van der Waals surface area contributed by atoms with Gasteiger partial charge in [0.2, 0.25) is 0 Å². The van der Waals surface area contributed by atoms with Gasteiger partial charge in [0, 0.05) is 13.1 Å². The zero-order valence-corrected chi connectivity index (χ0v) is 13.2. The molecule has 0 saturated carbocycles. The van der Waals surface area contributed by atoms with Gasteiger partial charge in [-0.3, -0.25) is 0 Å². The monoisotopic (exact) mass is 414 g/mol. The third kappa shape index (κ3) is 6.90. The van der Waals surface area contributed by atoms with Crippen molar-refractivity contribution < 1.29 is 0 Å². The Kier molecular flexibility index (Phi) is 10.1. The average Bonchev–Trinajstić information content (AvgIpc) is 2.19. The van der Waals surface area contributed by atoms with Crippen LogP contribution in [0.2, 0.25) is 0 Å². The molecule has 0 fully saturated rings. The molecule has 5 heteroatoms. The Labute approximate surface area is 101 Å². The zero-order chi connectivity index (χ0) is 10.1. The van der Waals surface area contributed by atoms with Crippen molar-refractivity contribution in [2.75, 3.05) is 0 Å². The molecule has 0 aromatic heterocycles. The Balaban J connectivity index is 0.000000424. The van der Waals surface area contributed by atoms with Crippen LogP contribution in [0.25, 0.3) is 0 Å². The molecule has 2 radical (unpaired) electrons. The van der Waals surface area contributed by atoms with Crippen LogP contribution in [0.5, 0.6) is 0 Å². The van der Waals surface area contributed by atoms with Crippen molar-refractivity contribution in [3.63, 3.8) is 0 Å². The minimum absolute atomic E-state index is 0.145. The molecule has 0 unspecified atom stereocenters. The van der Waals surface area contributed by atoms with E-state index in [4.69, 9.17) is 11.5 Å². The fraction of sp³-hybridized carbons (Fsp3) is 0.250. The molecule has 0 aliphatic heterocycles. The molecule has 72 valence electrons. The Bertz CT molecular complexity index is 214. The van der Waals surface area contributed by atoms with Gasteiger partial charge >= 0.3 is 42.1 Å². The summed E-state index contributed by atoms with van der Waals surface area (Å²) in [7, 11) is 0. The third-order valence-corrected chi connectivity index (χ3v) is 1.46. The average molecular weight is 415 g/mol. The van der Waals surface area contributed by atoms with Gasteiger partial charge in [0.1, 0.15) is 0 Å². The van der Waals surface area contributed by atoms with Gasteiger partial charge in [0.15, 0.2) is 0 Å². The van der Waals surface area contributed by atoms with E-state index in [0.29, 0.717) is 13.1 Å². The van der Waals surface area contributed by atoms with E-state index in [2.05, 4.69) is 25.4 Å². The number of nitrogens with two attached hydrogens (primary N) is 2. The van der Waals surface area contributed by atoms with Crippen LogP contribution in [-0.4, -0.2) is 16.7 Å². The molecule has 0 aliphatic rings. The van der Waals surface area contributed by atoms with Crippen molar-refractivity contribution in [1.82, 2.24) is 0 Å². The van der Waals surface area contributed by atoms with E-state index < -0.39 is 0 Å². The predicted molar refractivity (Wildman–Crippen MR) is 65.8 cm³/mol. The maximum absolute atomic E-state index is 5.43. The Morgan fingerprint density at radius 1 is 1.08 bits per heavy atom. The molecule has 0 heterocycles. The Hall–Kier alpha value is 0.899. The molecule has 0 bridgehead atoms. The van der Waals surface area contributed by atoms with E-state index in [-0.39, 0.29) is 16.7 Å². The van der Waals surface area contributed by atoms with Gasteiger partial charge in [-0.15, -0.1) is 0 Å². The molecule has 0 atom stereocenters. The number of benzene rings is 1. The summed E-state index contributed by atoms with van der Waals surface area (Å²) in [6.07, 6.45) is 0. The summed E-state index contributed by atoms with van der Waals surface area (Å²) in [6.45, 7) is 1.18. The molecular weight excluding hydrogens is 403 g/mol. The molecule has 1 rings (SSSR count). The Morgan fingerprint density at radius 3 is 1.77 bits per heavy atom. The summed E-state index contributed by atoms with van der Waals surface area (Å²) >= 11 is 6.32. The fourth-order valence-electron chi connectivity index (χ4n) is 0.884.